The van der Waals surface area contributed by atoms with Crippen LogP contribution in [-0.2, 0) is 19.1 Å². The van der Waals surface area contributed by atoms with Gasteiger partial charge in [0.05, 0.1) is 25.3 Å². The van der Waals surface area contributed by atoms with Crippen molar-refractivity contribution in [2.45, 2.75) is 13.8 Å². The van der Waals surface area contributed by atoms with Crippen LogP contribution in [0, 0.1) is 5.92 Å². The Labute approximate surface area is 152 Å². The first-order chi connectivity index (χ1) is 10.8. The van der Waals surface area contributed by atoms with Crippen molar-refractivity contribution < 1.29 is 23.8 Å². The smallest absolute Gasteiger partial charge is 0.345 e. The van der Waals surface area contributed by atoms with Crippen molar-refractivity contribution in [3.63, 3.8) is 0 Å². The highest BCUT2D eigenvalue weighted by Crippen LogP contribution is 2.35. The molecule has 0 bridgehead atoms. The number of carbonyl (C=O) groups is 2. The second-order valence-corrected chi connectivity index (χ2v) is 6.82. The molecule has 0 heterocycles. The lowest BCUT2D eigenvalue weighted by Gasteiger charge is -2.14. The molecule has 0 unspecified atom stereocenters. The molecule has 0 aliphatic heterocycles. The van der Waals surface area contributed by atoms with Gasteiger partial charge < -0.3 is 14.2 Å². The number of hydrogen-bond donors (Lipinski definition) is 0. The van der Waals surface area contributed by atoms with Gasteiger partial charge in [-0.05, 0) is 40.1 Å². The number of methoxy groups -OCH3 is 2. The second kappa shape index (κ2) is 9.08. The van der Waals surface area contributed by atoms with Gasteiger partial charge in [0.2, 0.25) is 0 Å². The number of halogens is 2. The van der Waals surface area contributed by atoms with Gasteiger partial charge in [-0.15, -0.1) is 0 Å². The molecule has 1 aromatic carbocycles. The third kappa shape index (κ3) is 5.66. The van der Waals surface area contributed by atoms with E-state index in [-0.39, 0.29) is 5.57 Å². The van der Waals surface area contributed by atoms with Gasteiger partial charge in [0.25, 0.3) is 0 Å². The summed E-state index contributed by atoms with van der Waals surface area (Å²) in [6.45, 7) is 4.54. The van der Waals surface area contributed by atoms with E-state index in [1.165, 1.54) is 20.3 Å². The molecule has 0 saturated heterocycles. The summed E-state index contributed by atoms with van der Waals surface area (Å²) in [4.78, 5) is 23.6. The molecule has 126 valence electrons. The van der Waals surface area contributed by atoms with Crippen molar-refractivity contribution >= 4 is 49.9 Å². The number of ether oxygens (including phenoxy) is 3. The molecule has 0 aromatic heterocycles. The minimum Gasteiger partial charge on any atom is -0.492 e. The number of rotatable bonds is 6. The van der Waals surface area contributed by atoms with Crippen molar-refractivity contribution in [1.29, 1.82) is 0 Å². The Kier molecular flexibility index (Phi) is 7.78. The summed E-state index contributed by atoms with van der Waals surface area (Å²) in [5, 5.41) is 0. The predicted octanol–water partition coefficient (Wildman–Crippen LogP) is 3.98. The Hall–Kier alpha value is -1.34. The molecule has 0 amide bonds. The molecule has 0 radical (unpaired) electrons. The average molecular weight is 450 g/mol. The van der Waals surface area contributed by atoms with Crippen molar-refractivity contribution in [2.24, 2.45) is 5.92 Å². The van der Waals surface area contributed by atoms with Crippen LogP contribution in [0.2, 0.25) is 0 Å². The van der Waals surface area contributed by atoms with Gasteiger partial charge in [-0.1, -0.05) is 29.8 Å². The van der Waals surface area contributed by atoms with E-state index in [0.29, 0.717) is 28.3 Å². The molecular weight excluding hydrogens is 432 g/mol. The first-order valence-electron chi connectivity index (χ1n) is 6.80. The van der Waals surface area contributed by atoms with E-state index in [1.54, 1.807) is 6.07 Å². The van der Waals surface area contributed by atoms with Gasteiger partial charge in [-0.25, -0.2) is 9.59 Å². The largest absolute Gasteiger partial charge is 0.492 e. The maximum absolute atomic E-state index is 11.8. The molecule has 0 atom stereocenters. The van der Waals surface area contributed by atoms with Gasteiger partial charge >= 0.3 is 11.9 Å². The predicted molar refractivity (Wildman–Crippen MR) is 94.2 cm³/mol. The third-order valence-electron chi connectivity index (χ3n) is 2.71. The third-order valence-corrected chi connectivity index (χ3v) is 3.76. The normalized spacial score (nSPS) is 10.2. The van der Waals surface area contributed by atoms with E-state index in [0.717, 1.165) is 4.47 Å². The summed E-state index contributed by atoms with van der Waals surface area (Å²) in [7, 11) is 2.40. The van der Waals surface area contributed by atoms with E-state index in [1.807, 2.05) is 19.9 Å². The van der Waals surface area contributed by atoms with Crippen molar-refractivity contribution in [3.8, 4) is 5.75 Å². The summed E-state index contributed by atoms with van der Waals surface area (Å²) >= 11 is 6.81. The SMILES string of the molecule is COC(=O)C(=Cc1cc(Br)cc(Br)c1OCC(C)C)C(=O)OC. The fourth-order valence-corrected chi connectivity index (χ4v) is 3.04. The highest BCUT2D eigenvalue weighted by molar-refractivity contribution is 9.11. The lowest BCUT2D eigenvalue weighted by Crippen LogP contribution is -2.16. The van der Waals surface area contributed by atoms with Crippen LogP contribution in [0.1, 0.15) is 19.4 Å². The minimum absolute atomic E-state index is 0.214. The summed E-state index contributed by atoms with van der Waals surface area (Å²) in [5.74, 6) is -0.694. The van der Waals surface area contributed by atoms with Crippen LogP contribution in [0.15, 0.2) is 26.7 Å². The molecule has 0 aliphatic rings. The summed E-state index contributed by atoms with van der Waals surface area (Å²) < 4.78 is 16.5. The number of carbonyl (C=O) groups excluding carboxylic acids is 2. The summed E-state index contributed by atoms with van der Waals surface area (Å²) in [5.41, 5.74) is 0.340. The topological polar surface area (TPSA) is 61.8 Å². The quantitative estimate of drug-likeness (QED) is 0.284. The van der Waals surface area contributed by atoms with Gasteiger partial charge in [0.1, 0.15) is 11.3 Å². The van der Waals surface area contributed by atoms with Crippen LogP contribution >= 0.6 is 31.9 Å². The highest BCUT2D eigenvalue weighted by Gasteiger charge is 2.21. The van der Waals surface area contributed by atoms with Gasteiger partial charge in [0, 0.05) is 10.0 Å². The monoisotopic (exact) mass is 448 g/mol. The Morgan fingerprint density at radius 2 is 1.70 bits per heavy atom. The lowest BCUT2D eigenvalue weighted by molar-refractivity contribution is -0.143. The standard InChI is InChI=1S/C16H18Br2O5/c1-9(2)8-23-14-10(5-11(17)7-13(14)18)6-12(15(19)21-3)16(20)22-4/h5-7,9H,8H2,1-4H3. The zero-order chi connectivity index (χ0) is 17.6. The van der Waals surface area contributed by atoms with Crippen LogP contribution in [0.25, 0.3) is 6.08 Å². The Morgan fingerprint density at radius 1 is 1.13 bits per heavy atom. The van der Waals surface area contributed by atoms with Crippen molar-refractivity contribution in [2.75, 3.05) is 20.8 Å². The van der Waals surface area contributed by atoms with Crippen LogP contribution in [-0.4, -0.2) is 32.8 Å². The second-order valence-electron chi connectivity index (χ2n) is 5.05. The molecule has 23 heavy (non-hydrogen) atoms. The Balaban J connectivity index is 3.39. The molecule has 7 heteroatoms. The van der Waals surface area contributed by atoms with Gasteiger partial charge in [0.15, 0.2) is 0 Å². The molecule has 1 rings (SSSR count). The molecule has 0 aliphatic carbocycles. The minimum atomic E-state index is -0.775. The molecule has 0 N–H and O–H groups in total. The zero-order valence-corrected chi connectivity index (χ0v) is 16.5. The van der Waals surface area contributed by atoms with E-state index >= 15 is 0 Å². The Morgan fingerprint density at radius 3 is 2.17 bits per heavy atom. The zero-order valence-electron chi connectivity index (χ0n) is 13.3. The van der Waals surface area contributed by atoms with Gasteiger partial charge in [-0.2, -0.15) is 0 Å². The molecule has 0 fully saturated rings. The van der Waals surface area contributed by atoms with E-state index in [2.05, 4.69) is 41.3 Å². The highest BCUT2D eigenvalue weighted by atomic mass is 79.9. The molecule has 0 spiro atoms. The first kappa shape index (κ1) is 19.7. The summed E-state index contributed by atoms with van der Waals surface area (Å²) in [6.07, 6.45) is 1.39. The lowest BCUT2D eigenvalue weighted by atomic mass is 10.1. The summed E-state index contributed by atoms with van der Waals surface area (Å²) in [6, 6.07) is 3.56. The van der Waals surface area contributed by atoms with Crippen LogP contribution in [0.3, 0.4) is 0 Å². The van der Waals surface area contributed by atoms with Crippen LogP contribution in [0.5, 0.6) is 5.75 Å². The number of benzene rings is 1. The maximum Gasteiger partial charge on any atom is 0.345 e. The average Bonchev–Trinajstić information content (AvgIpc) is 2.49. The maximum atomic E-state index is 11.8. The van der Waals surface area contributed by atoms with E-state index in [4.69, 9.17) is 4.74 Å². The molecule has 0 saturated carbocycles. The number of esters is 2. The molecular formula is C16H18Br2O5. The fraction of sp³-hybridized carbons (Fsp3) is 0.375. The fourth-order valence-electron chi connectivity index (χ4n) is 1.67. The molecule has 1 aromatic rings. The van der Waals surface area contributed by atoms with Gasteiger partial charge in [-0.3, -0.25) is 0 Å². The first-order valence-corrected chi connectivity index (χ1v) is 8.38. The van der Waals surface area contributed by atoms with E-state index < -0.39 is 11.9 Å². The van der Waals surface area contributed by atoms with Crippen molar-refractivity contribution in [1.82, 2.24) is 0 Å². The van der Waals surface area contributed by atoms with E-state index in [9.17, 15) is 9.59 Å². The Bertz CT molecular complexity index is 605. The molecule has 5 nitrogen and oxygen atoms in total. The van der Waals surface area contributed by atoms with Crippen LogP contribution < -0.4 is 4.74 Å². The van der Waals surface area contributed by atoms with Crippen molar-refractivity contribution in [3.05, 3.63) is 32.2 Å². The number of hydrogen-bond acceptors (Lipinski definition) is 5. The van der Waals surface area contributed by atoms with Crippen LogP contribution in [0.4, 0.5) is 0 Å².